The highest BCUT2D eigenvalue weighted by molar-refractivity contribution is 8.00. The van der Waals surface area contributed by atoms with Crippen molar-refractivity contribution in [1.82, 2.24) is 4.90 Å². The molecule has 1 amide bonds. The summed E-state index contributed by atoms with van der Waals surface area (Å²) in [6, 6.07) is 13.4. The summed E-state index contributed by atoms with van der Waals surface area (Å²) in [5.41, 5.74) is 1.84. The van der Waals surface area contributed by atoms with Gasteiger partial charge in [-0.1, -0.05) is 18.2 Å². The van der Waals surface area contributed by atoms with Crippen LogP contribution in [0, 0.1) is 0 Å². The summed E-state index contributed by atoms with van der Waals surface area (Å²) < 4.78 is 17.0. The van der Waals surface area contributed by atoms with E-state index < -0.39 is 0 Å². The van der Waals surface area contributed by atoms with Gasteiger partial charge in [-0.2, -0.15) is 0 Å². The van der Waals surface area contributed by atoms with Crippen LogP contribution >= 0.6 is 11.8 Å². The van der Waals surface area contributed by atoms with Gasteiger partial charge in [0.1, 0.15) is 29.2 Å². The van der Waals surface area contributed by atoms with Gasteiger partial charge in [0.25, 0.3) is 0 Å². The van der Waals surface area contributed by atoms with E-state index in [2.05, 4.69) is 0 Å². The predicted octanol–water partition coefficient (Wildman–Crippen LogP) is 3.63. The molecule has 29 heavy (non-hydrogen) atoms. The number of ether oxygens (including phenoxy) is 3. The monoisotopic (exact) mass is 417 g/mol. The topological polar surface area (TPSA) is 68.2 Å². The lowest BCUT2D eigenvalue weighted by atomic mass is 10.1. The highest BCUT2D eigenvalue weighted by Gasteiger charge is 2.36. The van der Waals surface area contributed by atoms with E-state index in [4.69, 9.17) is 19.3 Å². The average Bonchev–Trinajstić information content (AvgIpc) is 3.07. The zero-order valence-electron chi connectivity index (χ0n) is 17.0. The number of thioether (sulfide) groups is 1. The van der Waals surface area contributed by atoms with Crippen LogP contribution in [-0.2, 0) is 11.3 Å². The van der Waals surface area contributed by atoms with Crippen molar-refractivity contribution in [3.63, 3.8) is 0 Å². The van der Waals surface area contributed by atoms with Gasteiger partial charge in [-0.05, 0) is 43.7 Å². The highest BCUT2D eigenvalue weighted by Crippen LogP contribution is 2.47. The summed E-state index contributed by atoms with van der Waals surface area (Å²) in [4.78, 5) is 14.5. The molecular formula is C22H27NO5S. The minimum atomic E-state index is -0.223. The number of rotatable bonds is 9. The number of benzene rings is 2. The predicted molar refractivity (Wildman–Crippen MR) is 114 cm³/mol. The Labute approximate surface area is 175 Å². The van der Waals surface area contributed by atoms with Gasteiger partial charge in [-0.3, -0.25) is 4.79 Å². The SMILES string of the molecule is COc1cccc(OCCO)c1C1SCC(=O)N1Cc1ccc(OC(C)C)cc1. The van der Waals surface area contributed by atoms with E-state index in [1.54, 1.807) is 18.9 Å². The van der Waals surface area contributed by atoms with Crippen LogP contribution in [0.1, 0.15) is 30.3 Å². The van der Waals surface area contributed by atoms with Gasteiger partial charge in [-0.15, -0.1) is 11.8 Å². The molecule has 1 aliphatic rings. The molecule has 2 aromatic carbocycles. The molecule has 1 saturated heterocycles. The van der Waals surface area contributed by atoms with Crippen molar-refractivity contribution in [3.05, 3.63) is 53.6 Å². The molecule has 7 heteroatoms. The fourth-order valence-electron chi connectivity index (χ4n) is 3.23. The van der Waals surface area contributed by atoms with Crippen molar-refractivity contribution in [2.75, 3.05) is 26.1 Å². The van der Waals surface area contributed by atoms with Crippen LogP contribution in [0.2, 0.25) is 0 Å². The fourth-order valence-corrected chi connectivity index (χ4v) is 4.47. The van der Waals surface area contributed by atoms with Gasteiger partial charge in [0.05, 0.1) is 31.1 Å². The Morgan fingerprint density at radius 1 is 1.17 bits per heavy atom. The molecule has 0 bridgehead atoms. The lowest BCUT2D eigenvalue weighted by molar-refractivity contribution is -0.128. The van der Waals surface area contributed by atoms with Gasteiger partial charge < -0.3 is 24.2 Å². The Kier molecular flexibility index (Phi) is 7.28. The summed E-state index contributed by atoms with van der Waals surface area (Å²) >= 11 is 1.55. The number of carbonyl (C=O) groups excluding carboxylic acids is 1. The van der Waals surface area contributed by atoms with E-state index in [-0.39, 0.29) is 30.6 Å². The number of aliphatic hydroxyl groups is 1. The number of methoxy groups -OCH3 is 1. The number of aliphatic hydroxyl groups excluding tert-OH is 1. The first kappa shape index (κ1) is 21.3. The van der Waals surface area contributed by atoms with Crippen LogP contribution in [0.3, 0.4) is 0 Å². The third-order valence-electron chi connectivity index (χ3n) is 4.46. The maximum atomic E-state index is 12.7. The highest BCUT2D eigenvalue weighted by atomic mass is 32.2. The van der Waals surface area contributed by atoms with Crippen LogP contribution in [0.4, 0.5) is 0 Å². The smallest absolute Gasteiger partial charge is 0.234 e. The van der Waals surface area contributed by atoms with Crippen LogP contribution in [-0.4, -0.2) is 48.1 Å². The van der Waals surface area contributed by atoms with Crippen molar-refractivity contribution < 1.29 is 24.1 Å². The molecule has 0 aromatic heterocycles. The first-order valence-corrected chi connectivity index (χ1v) is 10.7. The molecule has 1 atom stereocenters. The molecule has 0 saturated carbocycles. The molecule has 1 N–H and O–H groups in total. The Morgan fingerprint density at radius 3 is 2.55 bits per heavy atom. The average molecular weight is 418 g/mol. The van der Waals surface area contributed by atoms with E-state index in [0.717, 1.165) is 16.9 Å². The van der Waals surface area contributed by atoms with Gasteiger partial charge in [0.2, 0.25) is 5.91 Å². The van der Waals surface area contributed by atoms with Crippen LogP contribution < -0.4 is 14.2 Å². The number of hydrogen-bond acceptors (Lipinski definition) is 6. The van der Waals surface area contributed by atoms with Crippen molar-refractivity contribution in [2.45, 2.75) is 31.9 Å². The Hall–Kier alpha value is -2.38. The van der Waals surface area contributed by atoms with E-state index >= 15 is 0 Å². The zero-order chi connectivity index (χ0) is 20.8. The summed E-state index contributed by atoms with van der Waals surface area (Å²) in [7, 11) is 1.61. The molecule has 0 spiro atoms. The first-order valence-electron chi connectivity index (χ1n) is 9.60. The largest absolute Gasteiger partial charge is 0.496 e. The molecule has 1 fully saturated rings. The summed E-state index contributed by atoms with van der Waals surface area (Å²) in [5.74, 6) is 2.57. The lowest BCUT2D eigenvalue weighted by Gasteiger charge is -2.27. The molecule has 0 aliphatic carbocycles. The number of carbonyl (C=O) groups is 1. The van der Waals surface area contributed by atoms with Gasteiger partial charge >= 0.3 is 0 Å². The van der Waals surface area contributed by atoms with E-state index in [1.807, 2.05) is 61.2 Å². The quantitative estimate of drug-likeness (QED) is 0.672. The van der Waals surface area contributed by atoms with Gasteiger partial charge in [0, 0.05) is 6.54 Å². The van der Waals surface area contributed by atoms with E-state index in [0.29, 0.717) is 23.8 Å². The van der Waals surface area contributed by atoms with Crippen molar-refractivity contribution in [1.29, 1.82) is 0 Å². The molecule has 0 radical (unpaired) electrons. The summed E-state index contributed by atoms with van der Waals surface area (Å²) in [6.07, 6.45) is 0.115. The minimum absolute atomic E-state index is 0.0709. The number of amides is 1. The lowest BCUT2D eigenvalue weighted by Crippen LogP contribution is -2.28. The molecular weight excluding hydrogens is 390 g/mol. The first-order chi connectivity index (χ1) is 14.0. The standard InChI is InChI=1S/C22H27NO5S/c1-15(2)28-17-9-7-16(8-10-17)13-23-20(25)14-29-22(23)21-18(26-3)5-4-6-19(21)27-12-11-24/h4-10,15,22,24H,11-14H2,1-3H3. The summed E-state index contributed by atoms with van der Waals surface area (Å²) in [5, 5.41) is 8.92. The van der Waals surface area contributed by atoms with Gasteiger partial charge in [-0.25, -0.2) is 0 Å². The summed E-state index contributed by atoms with van der Waals surface area (Å²) in [6.45, 7) is 4.56. The second-order valence-corrected chi connectivity index (χ2v) is 8.01. The molecule has 6 nitrogen and oxygen atoms in total. The maximum absolute atomic E-state index is 12.7. The van der Waals surface area contributed by atoms with Crippen LogP contribution in [0.25, 0.3) is 0 Å². The van der Waals surface area contributed by atoms with Crippen LogP contribution in [0.5, 0.6) is 17.2 Å². The molecule has 2 aromatic rings. The normalized spacial score (nSPS) is 16.4. The molecule has 156 valence electrons. The third-order valence-corrected chi connectivity index (χ3v) is 5.68. The molecule has 1 aliphatic heterocycles. The van der Waals surface area contributed by atoms with Crippen molar-refractivity contribution >= 4 is 17.7 Å². The van der Waals surface area contributed by atoms with Crippen molar-refractivity contribution in [2.24, 2.45) is 0 Å². The Bertz CT molecular complexity index is 824. The third kappa shape index (κ3) is 5.16. The van der Waals surface area contributed by atoms with E-state index in [9.17, 15) is 4.79 Å². The Balaban J connectivity index is 1.85. The second-order valence-electron chi connectivity index (χ2n) is 6.94. The molecule has 1 unspecified atom stereocenters. The van der Waals surface area contributed by atoms with Gasteiger partial charge in [0.15, 0.2) is 0 Å². The second kappa shape index (κ2) is 9.89. The molecule has 3 rings (SSSR count). The van der Waals surface area contributed by atoms with Crippen molar-refractivity contribution in [3.8, 4) is 17.2 Å². The minimum Gasteiger partial charge on any atom is -0.496 e. The number of hydrogen-bond donors (Lipinski definition) is 1. The Morgan fingerprint density at radius 2 is 1.90 bits per heavy atom. The molecule has 1 heterocycles. The fraction of sp³-hybridized carbons (Fsp3) is 0.409. The maximum Gasteiger partial charge on any atom is 0.234 e. The zero-order valence-corrected chi connectivity index (χ0v) is 17.8. The van der Waals surface area contributed by atoms with Crippen LogP contribution in [0.15, 0.2) is 42.5 Å². The van der Waals surface area contributed by atoms with E-state index in [1.165, 1.54) is 0 Å². The number of nitrogens with zero attached hydrogens (tertiary/aromatic N) is 1.